The van der Waals surface area contributed by atoms with Gasteiger partial charge < -0.3 is 0 Å². The lowest BCUT2D eigenvalue weighted by molar-refractivity contribution is 0.668. The first-order valence-electron chi connectivity index (χ1n) is 6.52. The molecule has 0 atom stereocenters. The normalized spacial score (nSPS) is 11.2. The average molecular weight is 232 g/mol. The molecule has 0 unspecified atom stereocenters. The fourth-order valence-electron chi connectivity index (χ4n) is 1.84. The van der Waals surface area contributed by atoms with Crippen molar-refractivity contribution in [3.05, 3.63) is 35.7 Å². The van der Waals surface area contributed by atoms with Crippen molar-refractivity contribution in [1.29, 1.82) is 0 Å². The van der Waals surface area contributed by atoms with Crippen molar-refractivity contribution < 1.29 is 0 Å². The van der Waals surface area contributed by atoms with Crippen molar-refractivity contribution in [3.8, 4) is 0 Å². The smallest absolute Gasteiger partial charge is 0.0600 e. The van der Waals surface area contributed by atoms with Crippen molar-refractivity contribution in [3.63, 3.8) is 0 Å². The quantitative estimate of drug-likeness (QED) is 0.500. The summed E-state index contributed by atoms with van der Waals surface area (Å²) in [5.74, 6) is 0. The maximum absolute atomic E-state index is 4.38. The minimum atomic E-state index is 1.06. The van der Waals surface area contributed by atoms with Gasteiger partial charge in [-0.3, -0.25) is 0 Å². The lowest BCUT2D eigenvalue weighted by Crippen LogP contribution is -1.92. The summed E-state index contributed by atoms with van der Waals surface area (Å²) in [6.45, 7) is 10.4. The van der Waals surface area contributed by atoms with Gasteiger partial charge in [-0.2, -0.15) is 5.10 Å². The zero-order chi connectivity index (χ0) is 12.7. The molecule has 0 saturated carbocycles. The maximum Gasteiger partial charge on any atom is 0.0600 e. The van der Waals surface area contributed by atoms with E-state index in [2.05, 4.69) is 37.7 Å². The summed E-state index contributed by atoms with van der Waals surface area (Å²) in [4.78, 5) is 0. The van der Waals surface area contributed by atoms with Gasteiger partial charge in [0, 0.05) is 11.9 Å². The number of aromatic nitrogens is 2. The van der Waals surface area contributed by atoms with Crippen LogP contribution in [0.4, 0.5) is 0 Å². The van der Waals surface area contributed by atoms with Gasteiger partial charge in [0.2, 0.25) is 0 Å². The summed E-state index contributed by atoms with van der Waals surface area (Å²) in [5.41, 5.74) is 3.41. The highest BCUT2D eigenvalue weighted by atomic mass is 15.3. The Bertz CT molecular complexity index is 386. The van der Waals surface area contributed by atoms with Gasteiger partial charge in [0.05, 0.1) is 5.69 Å². The van der Waals surface area contributed by atoms with Crippen LogP contribution in [0.1, 0.15) is 50.4 Å². The Balaban J connectivity index is 2.37. The van der Waals surface area contributed by atoms with E-state index in [0.29, 0.717) is 0 Å². The maximum atomic E-state index is 4.38. The van der Waals surface area contributed by atoms with Crippen LogP contribution in [0.15, 0.2) is 24.3 Å². The van der Waals surface area contributed by atoms with Crippen molar-refractivity contribution >= 4 is 6.20 Å². The third-order valence-electron chi connectivity index (χ3n) is 2.85. The van der Waals surface area contributed by atoms with Crippen LogP contribution in [0.5, 0.6) is 0 Å². The van der Waals surface area contributed by atoms with Crippen LogP contribution in [0.25, 0.3) is 6.20 Å². The summed E-state index contributed by atoms with van der Waals surface area (Å²) >= 11 is 0. The second kappa shape index (κ2) is 7.10. The fraction of sp³-hybridized carbons (Fsp3) is 0.533. The molecule has 0 saturated heterocycles. The summed E-state index contributed by atoms with van der Waals surface area (Å²) in [7, 11) is 0. The van der Waals surface area contributed by atoms with Gasteiger partial charge in [0.15, 0.2) is 0 Å². The number of aryl methyl sites for hydroxylation is 2. The van der Waals surface area contributed by atoms with E-state index in [-0.39, 0.29) is 0 Å². The summed E-state index contributed by atoms with van der Waals surface area (Å²) in [5, 5.41) is 4.38. The van der Waals surface area contributed by atoms with Gasteiger partial charge in [-0.05, 0) is 38.8 Å². The largest absolute Gasteiger partial charge is 0.245 e. The van der Waals surface area contributed by atoms with E-state index in [9.17, 15) is 0 Å². The zero-order valence-electron chi connectivity index (χ0n) is 11.4. The van der Waals surface area contributed by atoms with Gasteiger partial charge in [0.1, 0.15) is 0 Å². The Hall–Kier alpha value is -1.31. The Labute approximate surface area is 105 Å². The molecule has 0 aliphatic heterocycles. The molecule has 0 aliphatic carbocycles. The van der Waals surface area contributed by atoms with Crippen LogP contribution in [-0.4, -0.2) is 9.78 Å². The molecule has 0 amide bonds. The highest BCUT2D eigenvalue weighted by molar-refractivity contribution is 5.33. The summed E-state index contributed by atoms with van der Waals surface area (Å²) in [6, 6.07) is 2.08. The molecule has 94 valence electrons. The molecule has 2 nitrogen and oxygen atoms in total. The molecule has 0 bridgehead atoms. The molecule has 1 heterocycles. The molecule has 0 fully saturated rings. The van der Waals surface area contributed by atoms with Crippen LogP contribution in [-0.2, 0) is 0 Å². The van der Waals surface area contributed by atoms with Crippen molar-refractivity contribution in [1.82, 2.24) is 9.78 Å². The highest BCUT2D eigenvalue weighted by Crippen LogP contribution is 2.10. The molecule has 1 aromatic heterocycles. The SMILES string of the molecule is C=C(/C=C/n1nc(C)cc1C)CCCCCC. The molecule has 0 spiro atoms. The molecule has 0 aliphatic rings. The molecule has 0 aromatic carbocycles. The Morgan fingerprint density at radius 2 is 2.12 bits per heavy atom. The van der Waals surface area contributed by atoms with Gasteiger partial charge in [-0.25, -0.2) is 4.68 Å². The fourth-order valence-corrected chi connectivity index (χ4v) is 1.84. The predicted octanol–water partition coefficient (Wildman–Crippen LogP) is 4.50. The summed E-state index contributed by atoms with van der Waals surface area (Å²) < 4.78 is 1.91. The van der Waals surface area contributed by atoms with E-state index in [1.807, 2.05) is 17.8 Å². The van der Waals surface area contributed by atoms with Crippen molar-refractivity contribution in [2.24, 2.45) is 0 Å². The number of allylic oxidation sites excluding steroid dienone is 2. The first kappa shape index (κ1) is 13.8. The third kappa shape index (κ3) is 5.03. The topological polar surface area (TPSA) is 17.8 Å². The first-order valence-corrected chi connectivity index (χ1v) is 6.52. The Morgan fingerprint density at radius 3 is 2.71 bits per heavy atom. The highest BCUT2D eigenvalue weighted by Gasteiger charge is 1.96. The number of hydrogen-bond donors (Lipinski definition) is 0. The molecular weight excluding hydrogens is 208 g/mol. The minimum absolute atomic E-state index is 1.06. The van der Waals surface area contributed by atoms with E-state index in [4.69, 9.17) is 0 Å². The van der Waals surface area contributed by atoms with Crippen LogP contribution in [0.2, 0.25) is 0 Å². The van der Waals surface area contributed by atoms with E-state index in [1.165, 1.54) is 31.3 Å². The number of nitrogens with zero attached hydrogens (tertiary/aromatic N) is 2. The number of unbranched alkanes of at least 4 members (excludes halogenated alkanes) is 3. The zero-order valence-corrected chi connectivity index (χ0v) is 11.4. The van der Waals surface area contributed by atoms with Gasteiger partial charge >= 0.3 is 0 Å². The lowest BCUT2D eigenvalue weighted by atomic mass is 10.1. The third-order valence-corrected chi connectivity index (χ3v) is 2.85. The molecular formula is C15H24N2. The average Bonchev–Trinajstić information content (AvgIpc) is 2.61. The number of hydrogen-bond acceptors (Lipinski definition) is 1. The van der Waals surface area contributed by atoms with Crippen LogP contribution in [0, 0.1) is 13.8 Å². The van der Waals surface area contributed by atoms with Crippen molar-refractivity contribution in [2.75, 3.05) is 0 Å². The monoisotopic (exact) mass is 232 g/mol. The second-order valence-corrected chi connectivity index (χ2v) is 4.66. The lowest BCUT2D eigenvalue weighted by Gasteiger charge is -2.00. The van der Waals surface area contributed by atoms with Gasteiger partial charge in [0.25, 0.3) is 0 Å². The molecule has 17 heavy (non-hydrogen) atoms. The van der Waals surface area contributed by atoms with Crippen LogP contribution in [0.3, 0.4) is 0 Å². The Morgan fingerprint density at radius 1 is 1.35 bits per heavy atom. The molecule has 1 rings (SSSR count). The Kier molecular flexibility index (Phi) is 5.75. The van der Waals surface area contributed by atoms with E-state index >= 15 is 0 Å². The van der Waals surface area contributed by atoms with Crippen LogP contribution >= 0.6 is 0 Å². The standard InChI is InChI=1S/C15H24N2/c1-5-6-7-8-9-13(2)10-11-17-15(4)12-14(3)16-17/h10-12H,2,5-9H2,1,3-4H3/b11-10+. The molecule has 2 heteroatoms. The van der Waals surface area contributed by atoms with Crippen LogP contribution < -0.4 is 0 Å². The summed E-state index contributed by atoms with van der Waals surface area (Å²) in [6.07, 6.45) is 10.3. The van der Waals surface area contributed by atoms with Gasteiger partial charge in [-0.1, -0.05) is 38.3 Å². The molecule has 1 aromatic rings. The molecule has 0 radical (unpaired) electrons. The number of rotatable bonds is 7. The van der Waals surface area contributed by atoms with E-state index in [0.717, 1.165) is 17.8 Å². The van der Waals surface area contributed by atoms with E-state index < -0.39 is 0 Å². The molecule has 0 N–H and O–H groups in total. The van der Waals surface area contributed by atoms with Crippen molar-refractivity contribution in [2.45, 2.75) is 52.9 Å². The first-order chi connectivity index (χ1) is 8.13. The van der Waals surface area contributed by atoms with Gasteiger partial charge in [-0.15, -0.1) is 0 Å². The minimum Gasteiger partial charge on any atom is -0.245 e. The second-order valence-electron chi connectivity index (χ2n) is 4.66. The predicted molar refractivity (Wildman–Crippen MR) is 74.9 cm³/mol. The van der Waals surface area contributed by atoms with E-state index in [1.54, 1.807) is 0 Å².